The van der Waals surface area contributed by atoms with Crippen molar-refractivity contribution in [3.63, 3.8) is 0 Å². The Hall–Kier alpha value is -0.580. The molecule has 0 aromatic rings. The molecule has 0 amide bonds. The normalized spacial score (nSPS) is 20.8. The molecule has 0 aromatic carbocycles. The second-order valence-electron chi connectivity index (χ2n) is 6.08. The molecule has 1 rings (SSSR count). The van der Waals surface area contributed by atoms with Gasteiger partial charge < -0.3 is 4.90 Å². The molecule has 1 fully saturated rings. The fourth-order valence-corrected chi connectivity index (χ4v) is 2.56. The van der Waals surface area contributed by atoms with Crippen LogP contribution < -0.4 is 0 Å². The molecular formula is C14H24F3NO. The molecule has 1 aliphatic rings. The van der Waals surface area contributed by atoms with Gasteiger partial charge in [0.2, 0.25) is 0 Å². The van der Waals surface area contributed by atoms with E-state index in [-0.39, 0.29) is 18.6 Å². The Labute approximate surface area is 113 Å². The van der Waals surface area contributed by atoms with Gasteiger partial charge in [-0.15, -0.1) is 0 Å². The SMILES string of the molecule is CC(C)N1CCC(C)(C(=O)CCCC(F)(F)F)CC1. The van der Waals surface area contributed by atoms with Crippen LogP contribution in [0, 0.1) is 5.41 Å². The summed E-state index contributed by atoms with van der Waals surface area (Å²) < 4.78 is 36.2. The Kier molecular flexibility index (Phi) is 5.42. The maximum atomic E-state index is 12.1. The monoisotopic (exact) mass is 279 g/mol. The molecule has 0 aliphatic carbocycles. The van der Waals surface area contributed by atoms with Crippen molar-refractivity contribution in [1.82, 2.24) is 4.90 Å². The molecule has 112 valence electrons. The summed E-state index contributed by atoms with van der Waals surface area (Å²) in [5.41, 5.74) is -0.420. The molecule has 0 unspecified atom stereocenters. The van der Waals surface area contributed by atoms with Crippen LogP contribution in [-0.4, -0.2) is 36.0 Å². The standard InChI is InChI=1S/C14H24F3NO/c1-11(2)18-9-7-13(3,8-10-18)12(19)5-4-6-14(15,16)17/h11H,4-10H2,1-3H3. The van der Waals surface area contributed by atoms with Gasteiger partial charge in [-0.25, -0.2) is 0 Å². The number of alkyl halides is 3. The summed E-state index contributed by atoms with van der Waals surface area (Å²) in [5.74, 6) is 0.000145. The van der Waals surface area contributed by atoms with E-state index in [0.717, 1.165) is 25.9 Å². The summed E-state index contributed by atoms with van der Waals surface area (Å²) in [5, 5.41) is 0. The Morgan fingerprint density at radius 3 is 2.21 bits per heavy atom. The van der Waals surface area contributed by atoms with Crippen LogP contribution in [0.4, 0.5) is 13.2 Å². The molecule has 1 heterocycles. The zero-order chi connectivity index (χ0) is 14.7. The lowest BCUT2D eigenvalue weighted by atomic mass is 9.75. The lowest BCUT2D eigenvalue weighted by Crippen LogP contribution is -2.45. The number of carbonyl (C=O) groups excluding carboxylic acids is 1. The van der Waals surface area contributed by atoms with Crippen molar-refractivity contribution in [3.8, 4) is 0 Å². The molecule has 0 spiro atoms. The van der Waals surface area contributed by atoms with E-state index < -0.39 is 18.0 Å². The van der Waals surface area contributed by atoms with E-state index in [4.69, 9.17) is 0 Å². The first kappa shape index (κ1) is 16.5. The third-order valence-electron chi connectivity index (χ3n) is 4.17. The average Bonchev–Trinajstić information content (AvgIpc) is 2.27. The van der Waals surface area contributed by atoms with Gasteiger partial charge in [-0.1, -0.05) is 6.92 Å². The molecule has 0 radical (unpaired) electrons. The van der Waals surface area contributed by atoms with Crippen molar-refractivity contribution in [2.75, 3.05) is 13.1 Å². The summed E-state index contributed by atoms with van der Waals surface area (Å²) in [7, 11) is 0. The van der Waals surface area contributed by atoms with E-state index in [1.165, 1.54) is 0 Å². The maximum Gasteiger partial charge on any atom is 0.389 e. The molecule has 1 aliphatic heterocycles. The number of ketones is 1. The van der Waals surface area contributed by atoms with Crippen LogP contribution in [-0.2, 0) is 4.79 Å². The van der Waals surface area contributed by atoms with Gasteiger partial charge in [0.05, 0.1) is 0 Å². The van der Waals surface area contributed by atoms with E-state index in [1.54, 1.807) is 0 Å². The van der Waals surface area contributed by atoms with Crippen LogP contribution in [0.15, 0.2) is 0 Å². The number of halogens is 3. The highest BCUT2D eigenvalue weighted by Crippen LogP contribution is 2.34. The summed E-state index contributed by atoms with van der Waals surface area (Å²) in [6.45, 7) is 7.86. The number of rotatable bonds is 5. The summed E-state index contributed by atoms with van der Waals surface area (Å²) in [6.07, 6.45) is -3.51. The highest BCUT2D eigenvalue weighted by atomic mass is 19.4. The zero-order valence-corrected chi connectivity index (χ0v) is 12.0. The summed E-state index contributed by atoms with van der Waals surface area (Å²) >= 11 is 0. The van der Waals surface area contributed by atoms with E-state index in [0.29, 0.717) is 6.04 Å². The van der Waals surface area contributed by atoms with Gasteiger partial charge in [-0.05, 0) is 46.2 Å². The zero-order valence-electron chi connectivity index (χ0n) is 12.0. The molecular weight excluding hydrogens is 255 g/mol. The molecule has 0 N–H and O–H groups in total. The topological polar surface area (TPSA) is 20.3 Å². The fourth-order valence-electron chi connectivity index (χ4n) is 2.56. The first-order valence-corrected chi connectivity index (χ1v) is 6.98. The summed E-state index contributed by atoms with van der Waals surface area (Å²) in [4.78, 5) is 14.4. The molecule has 2 nitrogen and oxygen atoms in total. The van der Waals surface area contributed by atoms with Crippen LogP contribution >= 0.6 is 0 Å². The van der Waals surface area contributed by atoms with Gasteiger partial charge in [0.1, 0.15) is 5.78 Å². The van der Waals surface area contributed by atoms with E-state index in [1.807, 2.05) is 6.92 Å². The third kappa shape index (κ3) is 5.13. The Balaban J connectivity index is 2.40. The minimum absolute atomic E-state index is 0.000145. The van der Waals surface area contributed by atoms with Gasteiger partial charge >= 0.3 is 6.18 Å². The van der Waals surface area contributed by atoms with Crippen LogP contribution in [0.1, 0.15) is 52.9 Å². The number of hydrogen-bond donors (Lipinski definition) is 0. The molecule has 0 bridgehead atoms. The van der Waals surface area contributed by atoms with Crippen LogP contribution in [0.2, 0.25) is 0 Å². The predicted molar refractivity (Wildman–Crippen MR) is 69.0 cm³/mol. The van der Waals surface area contributed by atoms with Crippen LogP contribution in [0.3, 0.4) is 0 Å². The van der Waals surface area contributed by atoms with Gasteiger partial charge in [0, 0.05) is 24.3 Å². The molecule has 1 saturated heterocycles. The number of piperidine rings is 1. The van der Waals surface area contributed by atoms with Gasteiger partial charge in [-0.3, -0.25) is 4.79 Å². The van der Waals surface area contributed by atoms with E-state index in [9.17, 15) is 18.0 Å². The molecule has 0 aromatic heterocycles. The fraction of sp³-hybridized carbons (Fsp3) is 0.929. The molecule has 5 heteroatoms. The highest BCUT2D eigenvalue weighted by Gasteiger charge is 2.37. The van der Waals surface area contributed by atoms with Crippen molar-refractivity contribution in [2.24, 2.45) is 5.41 Å². The minimum Gasteiger partial charge on any atom is -0.301 e. The smallest absolute Gasteiger partial charge is 0.301 e. The van der Waals surface area contributed by atoms with Crippen LogP contribution in [0.25, 0.3) is 0 Å². The highest BCUT2D eigenvalue weighted by molar-refractivity contribution is 5.84. The lowest BCUT2D eigenvalue weighted by Gasteiger charge is -2.40. The van der Waals surface area contributed by atoms with E-state index in [2.05, 4.69) is 18.7 Å². The Morgan fingerprint density at radius 2 is 1.79 bits per heavy atom. The second-order valence-corrected chi connectivity index (χ2v) is 6.08. The number of nitrogens with zero attached hydrogens (tertiary/aromatic N) is 1. The summed E-state index contributed by atoms with van der Waals surface area (Å²) in [6, 6.07) is 0.463. The second kappa shape index (κ2) is 6.25. The Morgan fingerprint density at radius 1 is 1.26 bits per heavy atom. The maximum absolute atomic E-state index is 12.1. The van der Waals surface area contributed by atoms with Crippen molar-refractivity contribution in [1.29, 1.82) is 0 Å². The van der Waals surface area contributed by atoms with Crippen LogP contribution in [0.5, 0.6) is 0 Å². The third-order valence-corrected chi connectivity index (χ3v) is 4.17. The van der Waals surface area contributed by atoms with Gasteiger partial charge in [0.25, 0.3) is 0 Å². The number of hydrogen-bond acceptors (Lipinski definition) is 2. The van der Waals surface area contributed by atoms with Gasteiger partial charge in [-0.2, -0.15) is 13.2 Å². The van der Waals surface area contributed by atoms with E-state index >= 15 is 0 Å². The predicted octanol–water partition coefficient (Wildman–Crippen LogP) is 3.80. The Bertz CT molecular complexity index is 304. The largest absolute Gasteiger partial charge is 0.389 e. The van der Waals surface area contributed by atoms with Gasteiger partial charge in [0.15, 0.2) is 0 Å². The van der Waals surface area contributed by atoms with Crippen molar-refractivity contribution < 1.29 is 18.0 Å². The first-order valence-electron chi connectivity index (χ1n) is 6.98. The van der Waals surface area contributed by atoms with Crippen molar-refractivity contribution in [2.45, 2.75) is 65.1 Å². The quantitative estimate of drug-likeness (QED) is 0.763. The molecule has 0 saturated carbocycles. The number of carbonyl (C=O) groups is 1. The number of likely N-dealkylation sites (tertiary alicyclic amines) is 1. The van der Waals surface area contributed by atoms with Crippen molar-refractivity contribution in [3.05, 3.63) is 0 Å². The molecule has 19 heavy (non-hydrogen) atoms. The lowest BCUT2D eigenvalue weighted by molar-refractivity contribution is -0.139. The number of Topliss-reactive ketones (excluding diaryl/α,β-unsaturated/α-hetero) is 1. The van der Waals surface area contributed by atoms with Crippen molar-refractivity contribution >= 4 is 5.78 Å². The molecule has 0 atom stereocenters. The first-order chi connectivity index (χ1) is 8.64. The average molecular weight is 279 g/mol. The minimum atomic E-state index is -4.15.